The van der Waals surface area contributed by atoms with Gasteiger partial charge >= 0.3 is 18.1 Å². The second kappa shape index (κ2) is 13.6. The average molecular weight is 574 g/mol. The van der Waals surface area contributed by atoms with E-state index in [-0.39, 0.29) is 12.3 Å². The lowest BCUT2D eigenvalue weighted by Gasteiger charge is -2.29. The number of carboxylic acid groups (broad SMARTS) is 2. The molecule has 0 fully saturated rings. The van der Waals surface area contributed by atoms with Crippen molar-refractivity contribution >= 4 is 11.9 Å². The molecule has 4 rings (SSSR count). The molecule has 3 aromatic rings. The zero-order chi connectivity index (χ0) is 30.3. The first-order chi connectivity index (χ1) is 19.2. The van der Waals surface area contributed by atoms with E-state index in [9.17, 15) is 18.0 Å². The fraction of sp³-hybridized carbons (Fsp3) is 0.400. The van der Waals surface area contributed by atoms with E-state index in [0.717, 1.165) is 60.0 Å². The van der Waals surface area contributed by atoms with Crippen LogP contribution in [0.15, 0.2) is 42.6 Å². The monoisotopic (exact) mass is 573 g/mol. The average Bonchev–Trinajstić information content (AvgIpc) is 2.89. The topological polar surface area (TPSA) is 113 Å². The van der Waals surface area contributed by atoms with Crippen LogP contribution >= 0.6 is 0 Å². The van der Waals surface area contributed by atoms with Gasteiger partial charge in [-0.05, 0) is 67.1 Å². The van der Waals surface area contributed by atoms with Gasteiger partial charge in [0.15, 0.2) is 5.82 Å². The SMILES string of the molecule is Cc1cc(-c2ncc3c(n2)CCN(CC(C)CC(=O)O)C3)ccc1OCc1cccc(C)c1C.O=C(O)C(F)(F)F. The highest BCUT2D eigenvalue weighted by Crippen LogP contribution is 2.27. The van der Waals surface area contributed by atoms with Gasteiger partial charge in [-0.25, -0.2) is 14.8 Å². The molecule has 0 bridgehead atoms. The second-order valence-corrected chi connectivity index (χ2v) is 10.3. The van der Waals surface area contributed by atoms with E-state index in [2.05, 4.69) is 54.9 Å². The molecule has 11 heteroatoms. The van der Waals surface area contributed by atoms with Crippen LogP contribution in [0.3, 0.4) is 0 Å². The molecule has 0 saturated carbocycles. The number of alkyl halides is 3. The third kappa shape index (κ3) is 9.01. The number of aliphatic carboxylic acids is 2. The highest BCUT2D eigenvalue weighted by atomic mass is 19.4. The number of hydrogen-bond acceptors (Lipinski definition) is 6. The lowest BCUT2D eigenvalue weighted by molar-refractivity contribution is -0.192. The van der Waals surface area contributed by atoms with Crippen LogP contribution in [0, 0.1) is 26.7 Å². The van der Waals surface area contributed by atoms with Gasteiger partial charge in [-0.1, -0.05) is 25.1 Å². The third-order valence-corrected chi connectivity index (χ3v) is 6.88. The number of rotatable bonds is 8. The van der Waals surface area contributed by atoms with Crippen LogP contribution < -0.4 is 4.74 Å². The Labute approximate surface area is 236 Å². The summed E-state index contributed by atoms with van der Waals surface area (Å²) in [4.78, 5) is 31.6. The van der Waals surface area contributed by atoms with Crippen molar-refractivity contribution in [1.82, 2.24) is 14.9 Å². The maximum atomic E-state index is 10.9. The molecular formula is C30H34F3N3O5. The first-order valence-electron chi connectivity index (χ1n) is 13.1. The quantitative estimate of drug-likeness (QED) is 0.350. The Bertz CT molecular complexity index is 1390. The molecule has 2 aromatic carbocycles. The number of aryl methyl sites for hydroxylation is 2. The molecule has 0 amide bonds. The summed E-state index contributed by atoms with van der Waals surface area (Å²) in [5, 5.41) is 16.1. The smallest absolute Gasteiger partial charge is 0.489 e. The number of hydrogen-bond donors (Lipinski definition) is 2. The van der Waals surface area contributed by atoms with Gasteiger partial charge in [-0.3, -0.25) is 9.69 Å². The van der Waals surface area contributed by atoms with Crippen LogP contribution in [-0.4, -0.2) is 56.3 Å². The van der Waals surface area contributed by atoms with Crippen molar-refractivity contribution in [2.24, 2.45) is 5.92 Å². The lowest BCUT2D eigenvalue weighted by Crippen LogP contribution is -2.35. The van der Waals surface area contributed by atoms with Crippen molar-refractivity contribution in [2.45, 2.75) is 59.9 Å². The van der Waals surface area contributed by atoms with E-state index in [1.165, 1.54) is 16.7 Å². The Morgan fingerprint density at radius 2 is 1.80 bits per heavy atom. The highest BCUT2D eigenvalue weighted by molar-refractivity contribution is 5.73. The first kappa shape index (κ1) is 31.5. The summed E-state index contributed by atoms with van der Waals surface area (Å²) in [6.45, 7) is 11.3. The summed E-state index contributed by atoms with van der Waals surface area (Å²) >= 11 is 0. The van der Waals surface area contributed by atoms with Crippen LogP contribution in [0.25, 0.3) is 11.4 Å². The van der Waals surface area contributed by atoms with Crippen LogP contribution in [0.1, 0.15) is 46.9 Å². The Morgan fingerprint density at radius 3 is 2.44 bits per heavy atom. The van der Waals surface area contributed by atoms with Gasteiger partial charge in [0.2, 0.25) is 0 Å². The summed E-state index contributed by atoms with van der Waals surface area (Å²) in [5.74, 6) is -1.77. The van der Waals surface area contributed by atoms with E-state index < -0.39 is 18.1 Å². The number of carboxylic acids is 2. The zero-order valence-electron chi connectivity index (χ0n) is 23.5. The van der Waals surface area contributed by atoms with Crippen LogP contribution in [0.2, 0.25) is 0 Å². The number of nitrogens with zero attached hydrogens (tertiary/aromatic N) is 3. The molecular weight excluding hydrogens is 539 g/mol. The van der Waals surface area contributed by atoms with Crippen LogP contribution in [0.4, 0.5) is 13.2 Å². The molecule has 2 heterocycles. The van der Waals surface area contributed by atoms with E-state index in [0.29, 0.717) is 6.61 Å². The molecule has 0 spiro atoms. The van der Waals surface area contributed by atoms with E-state index in [1.54, 1.807) is 0 Å². The minimum atomic E-state index is -5.08. The first-order valence-corrected chi connectivity index (χ1v) is 13.1. The molecule has 0 aliphatic carbocycles. The molecule has 1 unspecified atom stereocenters. The molecule has 1 aliphatic rings. The van der Waals surface area contributed by atoms with Gasteiger partial charge in [-0.2, -0.15) is 13.2 Å². The predicted molar refractivity (Wildman–Crippen MR) is 147 cm³/mol. The highest BCUT2D eigenvalue weighted by Gasteiger charge is 2.38. The number of aromatic nitrogens is 2. The van der Waals surface area contributed by atoms with Gasteiger partial charge in [-0.15, -0.1) is 0 Å². The van der Waals surface area contributed by atoms with Gasteiger partial charge in [0.1, 0.15) is 12.4 Å². The number of fused-ring (bicyclic) bond motifs is 1. The van der Waals surface area contributed by atoms with Crippen molar-refractivity contribution in [2.75, 3.05) is 13.1 Å². The Hall–Kier alpha value is -3.99. The summed E-state index contributed by atoms with van der Waals surface area (Å²) < 4.78 is 37.9. The fourth-order valence-corrected chi connectivity index (χ4v) is 4.55. The molecule has 41 heavy (non-hydrogen) atoms. The van der Waals surface area contributed by atoms with Crippen LogP contribution in [-0.2, 0) is 29.2 Å². The molecule has 220 valence electrons. The van der Waals surface area contributed by atoms with Crippen LogP contribution in [0.5, 0.6) is 5.75 Å². The number of benzene rings is 2. The van der Waals surface area contributed by atoms with Crippen molar-refractivity contribution in [3.63, 3.8) is 0 Å². The summed E-state index contributed by atoms with van der Waals surface area (Å²) in [6, 6.07) is 12.4. The second-order valence-electron chi connectivity index (χ2n) is 10.3. The molecule has 0 radical (unpaired) electrons. The van der Waals surface area contributed by atoms with E-state index in [4.69, 9.17) is 24.7 Å². The van der Waals surface area contributed by atoms with Gasteiger partial charge < -0.3 is 14.9 Å². The fourth-order valence-electron chi connectivity index (χ4n) is 4.55. The molecule has 2 N–H and O–H groups in total. The van der Waals surface area contributed by atoms with Crippen molar-refractivity contribution < 1.29 is 37.7 Å². The molecule has 1 aromatic heterocycles. The van der Waals surface area contributed by atoms with Gasteiger partial charge in [0.25, 0.3) is 0 Å². The largest absolute Gasteiger partial charge is 0.490 e. The Balaban J connectivity index is 0.000000587. The number of ether oxygens (including phenoxy) is 1. The van der Waals surface area contributed by atoms with Gasteiger partial charge in [0, 0.05) is 49.8 Å². The summed E-state index contributed by atoms with van der Waals surface area (Å²) in [5.41, 5.74) is 8.00. The maximum absolute atomic E-state index is 10.9. The third-order valence-electron chi connectivity index (χ3n) is 6.88. The molecule has 1 aliphatic heterocycles. The van der Waals surface area contributed by atoms with E-state index >= 15 is 0 Å². The maximum Gasteiger partial charge on any atom is 0.490 e. The van der Waals surface area contributed by atoms with Gasteiger partial charge in [0.05, 0.1) is 5.69 Å². The standard InChI is InChI=1S/C28H33N3O3.C2HF3O2/c1-18(12-27(32)33)15-31-11-10-25-24(16-31)14-29-28(30-25)22-8-9-26(20(3)13-22)34-17-23-7-5-6-19(2)21(23)4;3-2(4,5)1(6)7/h5-9,13-14,18H,10-12,15-17H2,1-4H3,(H,32,33);(H,6,7). The molecule has 8 nitrogen and oxygen atoms in total. The minimum Gasteiger partial charge on any atom is -0.489 e. The van der Waals surface area contributed by atoms with Crippen molar-refractivity contribution in [1.29, 1.82) is 0 Å². The molecule has 0 saturated heterocycles. The van der Waals surface area contributed by atoms with Crippen molar-refractivity contribution in [3.8, 4) is 17.1 Å². The zero-order valence-corrected chi connectivity index (χ0v) is 23.5. The Kier molecular flexibility index (Phi) is 10.4. The minimum absolute atomic E-state index is 0.123. The predicted octanol–water partition coefficient (Wildman–Crippen LogP) is 5.75. The summed E-state index contributed by atoms with van der Waals surface area (Å²) in [7, 11) is 0. The van der Waals surface area contributed by atoms with Crippen molar-refractivity contribution in [3.05, 3.63) is 76.1 Å². The number of halogens is 3. The summed E-state index contributed by atoms with van der Waals surface area (Å²) in [6.07, 6.45) is -2.12. The Morgan fingerprint density at radius 1 is 1.10 bits per heavy atom. The normalized spacial score (nSPS) is 13.9. The van der Waals surface area contributed by atoms with E-state index in [1.807, 2.05) is 25.3 Å². The molecule has 1 atom stereocenters. The lowest BCUT2D eigenvalue weighted by atomic mass is 10.0. The number of carbonyl (C=O) groups is 2.